The number of anilines is 1. The van der Waals surface area contributed by atoms with Crippen molar-refractivity contribution in [1.82, 2.24) is 15.0 Å². The van der Waals surface area contributed by atoms with Crippen molar-refractivity contribution in [1.29, 1.82) is 0 Å². The van der Waals surface area contributed by atoms with Crippen molar-refractivity contribution in [2.24, 2.45) is 0 Å². The van der Waals surface area contributed by atoms with Crippen LogP contribution >= 0.6 is 34.8 Å². The topological polar surface area (TPSA) is 95.1 Å². The van der Waals surface area contributed by atoms with E-state index in [1.54, 1.807) is 48.5 Å². The van der Waals surface area contributed by atoms with E-state index in [4.69, 9.17) is 39.5 Å². The molecule has 144 valence electrons. The molecule has 2 aromatic carbocycles. The van der Waals surface area contributed by atoms with Crippen LogP contribution in [0.1, 0.15) is 0 Å². The number of fused-ring (bicyclic) bond motifs is 1. The first kappa shape index (κ1) is 19.9. The van der Waals surface area contributed by atoms with Gasteiger partial charge >= 0.3 is 5.70 Å². The van der Waals surface area contributed by atoms with Crippen LogP contribution in [0.2, 0.25) is 0 Å². The maximum absolute atomic E-state index is 11.8. The molecule has 3 rings (SSSR count). The monoisotopic (exact) mass is 439 g/mol. The van der Waals surface area contributed by atoms with Crippen LogP contribution in [-0.2, 0) is 0 Å². The first-order valence-corrected chi connectivity index (χ1v) is 8.87. The standard InChI is InChI=1S/C17H12Cl3N5O3/c1-28-11-8-6-10(7-9-11)21-17(15(25(26)27)14(18)16(19)20)24-13-5-3-2-4-12(13)22-23-24/h2-9,21H,1H3/b17-15-. The van der Waals surface area contributed by atoms with E-state index >= 15 is 0 Å². The van der Waals surface area contributed by atoms with E-state index in [1.165, 1.54) is 11.8 Å². The largest absolute Gasteiger partial charge is 0.497 e. The third kappa shape index (κ3) is 4.04. The average molecular weight is 441 g/mol. The molecule has 0 bridgehead atoms. The number of nitrogens with zero attached hydrogens (tertiary/aromatic N) is 4. The number of nitrogens with one attached hydrogen (secondary N) is 1. The van der Waals surface area contributed by atoms with E-state index in [0.717, 1.165) is 0 Å². The summed E-state index contributed by atoms with van der Waals surface area (Å²) >= 11 is 17.5. The number of benzene rings is 2. The second kappa shape index (κ2) is 8.47. The second-order valence-electron chi connectivity index (χ2n) is 5.37. The summed E-state index contributed by atoms with van der Waals surface area (Å²) in [7, 11) is 1.53. The Morgan fingerprint density at radius 1 is 1.14 bits per heavy atom. The SMILES string of the molecule is COc1ccc(N/C(=C(\C(Cl)=C(Cl)Cl)[N+](=O)[O-])n2nnc3ccccc32)cc1. The van der Waals surface area contributed by atoms with Gasteiger partial charge in [-0.1, -0.05) is 52.1 Å². The quantitative estimate of drug-likeness (QED) is 0.335. The molecule has 11 heteroatoms. The number of hydrogen-bond acceptors (Lipinski definition) is 6. The zero-order chi connectivity index (χ0) is 20.3. The minimum absolute atomic E-state index is 0.0762. The van der Waals surface area contributed by atoms with Crippen LogP contribution in [0, 0.1) is 10.1 Å². The first-order chi connectivity index (χ1) is 13.4. The van der Waals surface area contributed by atoms with Gasteiger partial charge in [-0.2, -0.15) is 4.68 Å². The lowest BCUT2D eigenvalue weighted by atomic mass is 10.3. The van der Waals surface area contributed by atoms with E-state index in [9.17, 15) is 10.1 Å². The Hall–Kier alpha value is -2.81. The summed E-state index contributed by atoms with van der Waals surface area (Å²) in [5.41, 5.74) is 1.02. The van der Waals surface area contributed by atoms with Crippen molar-refractivity contribution in [3.63, 3.8) is 0 Å². The number of halogens is 3. The highest BCUT2D eigenvalue weighted by Crippen LogP contribution is 2.31. The fourth-order valence-electron chi connectivity index (χ4n) is 2.42. The first-order valence-electron chi connectivity index (χ1n) is 7.74. The number of aromatic nitrogens is 3. The minimum Gasteiger partial charge on any atom is -0.497 e. The smallest absolute Gasteiger partial charge is 0.332 e. The molecule has 28 heavy (non-hydrogen) atoms. The van der Waals surface area contributed by atoms with Crippen LogP contribution in [0.4, 0.5) is 5.69 Å². The minimum atomic E-state index is -0.699. The van der Waals surface area contributed by atoms with Gasteiger partial charge in [-0.3, -0.25) is 10.1 Å². The Bertz CT molecular complexity index is 1090. The molecular formula is C17H12Cl3N5O3. The van der Waals surface area contributed by atoms with Gasteiger partial charge in [0.25, 0.3) is 0 Å². The Kier molecular flexibility index (Phi) is 6.03. The van der Waals surface area contributed by atoms with Crippen LogP contribution in [-0.4, -0.2) is 27.0 Å². The normalized spacial score (nSPS) is 11.7. The lowest BCUT2D eigenvalue weighted by Gasteiger charge is -2.13. The van der Waals surface area contributed by atoms with Gasteiger partial charge in [0.15, 0.2) is 5.03 Å². The van der Waals surface area contributed by atoms with Crippen molar-refractivity contribution >= 4 is 57.3 Å². The highest BCUT2D eigenvalue weighted by atomic mass is 35.5. The van der Waals surface area contributed by atoms with Crippen LogP contribution in [0.25, 0.3) is 16.9 Å². The van der Waals surface area contributed by atoms with Crippen molar-refractivity contribution < 1.29 is 9.66 Å². The van der Waals surface area contributed by atoms with Gasteiger partial charge in [0.05, 0.1) is 17.5 Å². The van der Waals surface area contributed by atoms with E-state index < -0.39 is 20.1 Å². The highest BCUT2D eigenvalue weighted by molar-refractivity contribution is 6.59. The average Bonchev–Trinajstić information content (AvgIpc) is 3.11. The Morgan fingerprint density at radius 2 is 1.82 bits per heavy atom. The van der Waals surface area contributed by atoms with Crippen molar-refractivity contribution in [3.05, 3.63) is 73.9 Å². The molecule has 0 atom stereocenters. The lowest BCUT2D eigenvalue weighted by molar-refractivity contribution is -0.419. The van der Waals surface area contributed by atoms with Gasteiger partial charge in [0.2, 0.25) is 5.82 Å². The molecular weight excluding hydrogens is 429 g/mol. The third-order valence-corrected chi connectivity index (χ3v) is 4.64. The number of rotatable bonds is 6. The van der Waals surface area contributed by atoms with Crippen molar-refractivity contribution in [2.45, 2.75) is 0 Å². The number of hydrogen-bond donors (Lipinski definition) is 1. The fraction of sp³-hybridized carbons (Fsp3) is 0.0588. The Balaban J connectivity index is 2.24. The summed E-state index contributed by atoms with van der Waals surface area (Å²) in [6.07, 6.45) is 0. The summed E-state index contributed by atoms with van der Waals surface area (Å²) in [6, 6.07) is 13.7. The maximum atomic E-state index is 11.8. The number of ether oxygens (including phenoxy) is 1. The van der Waals surface area contributed by atoms with Crippen LogP contribution in [0.5, 0.6) is 5.75 Å². The van der Waals surface area contributed by atoms with Crippen molar-refractivity contribution in [2.75, 3.05) is 12.4 Å². The lowest BCUT2D eigenvalue weighted by Crippen LogP contribution is -2.16. The molecule has 0 radical (unpaired) electrons. The number of methoxy groups -OCH3 is 1. The molecule has 1 aromatic heterocycles. The van der Waals surface area contributed by atoms with Crippen molar-refractivity contribution in [3.8, 4) is 5.75 Å². The fourth-order valence-corrected chi connectivity index (χ4v) is 2.76. The molecule has 0 aliphatic heterocycles. The molecule has 0 amide bonds. The van der Waals surface area contributed by atoms with E-state index in [2.05, 4.69) is 15.6 Å². The molecule has 0 unspecified atom stereocenters. The van der Waals surface area contributed by atoms with E-state index in [0.29, 0.717) is 22.5 Å². The molecule has 8 nitrogen and oxygen atoms in total. The zero-order valence-corrected chi connectivity index (χ0v) is 16.5. The predicted octanol–water partition coefficient (Wildman–Crippen LogP) is 4.84. The summed E-state index contributed by atoms with van der Waals surface area (Å²) in [5, 5.41) is 22.4. The van der Waals surface area contributed by atoms with Gasteiger partial charge in [0, 0.05) is 5.69 Å². The Morgan fingerprint density at radius 3 is 2.43 bits per heavy atom. The zero-order valence-electron chi connectivity index (χ0n) is 14.3. The molecule has 1 N–H and O–H groups in total. The third-order valence-electron chi connectivity index (χ3n) is 3.70. The summed E-state index contributed by atoms with van der Waals surface area (Å²) in [4.78, 5) is 11.1. The molecule has 0 saturated heterocycles. The molecule has 0 spiro atoms. The molecule has 3 aromatic rings. The molecule has 0 saturated carbocycles. The summed E-state index contributed by atoms with van der Waals surface area (Å²) in [6.45, 7) is 0. The van der Waals surface area contributed by atoms with Gasteiger partial charge in [-0.05, 0) is 36.4 Å². The number of nitro groups is 1. The van der Waals surface area contributed by atoms with Gasteiger partial charge in [-0.25, -0.2) is 0 Å². The van der Waals surface area contributed by atoms with Crippen LogP contribution < -0.4 is 10.1 Å². The van der Waals surface area contributed by atoms with E-state index in [-0.39, 0.29) is 5.82 Å². The molecule has 0 fully saturated rings. The maximum Gasteiger partial charge on any atom is 0.332 e. The summed E-state index contributed by atoms with van der Waals surface area (Å²) in [5.74, 6) is 0.547. The number of para-hydroxylation sites is 1. The number of allylic oxidation sites excluding steroid dienone is 1. The Labute approximate surface area is 174 Å². The van der Waals surface area contributed by atoms with Gasteiger partial charge in [-0.15, -0.1) is 5.10 Å². The van der Waals surface area contributed by atoms with E-state index in [1.807, 2.05) is 0 Å². The molecule has 0 aliphatic carbocycles. The highest BCUT2D eigenvalue weighted by Gasteiger charge is 2.28. The molecule has 0 aliphatic rings. The molecule has 1 heterocycles. The predicted molar refractivity (Wildman–Crippen MR) is 109 cm³/mol. The summed E-state index contributed by atoms with van der Waals surface area (Å²) < 4.78 is 5.93. The van der Waals surface area contributed by atoms with Crippen LogP contribution in [0.15, 0.2) is 63.8 Å². The van der Waals surface area contributed by atoms with Gasteiger partial charge < -0.3 is 10.1 Å². The second-order valence-corrected chi connectivity index (χ2v) is 6.70. The van der Waals surface area contributed by atoms with Gasteiger partial charge in [0.1, 0.15) is 15.8 Å². The van der Waals surface area contributed by atoms with Crippen LogP contribution in [0.3, 0.4) is 0 Å².